The molecule has 0 aliphatic carbocycles. The summed E-state index contributed by atoms with van der Waals surface area (Å²) in [4.78, 5) is 1.18. The third-order valence-electron chi connectivity index (χ3n) is 3.38. The van der Waals surface area contributed by atoms with E-state index in [1.54, 1.807) is 32.2 Å². The van der Waals surface area contributed by atoms with Crippen LogP contribution in [-0.2, 0) is 0 Å². The smallest absolute Gasteiger partial charge is 0.161 e. The molecule has 1 heterocycles. The Morgan fingerprint density at radius 3 is 2.52 bits per heavy atom. The van der Waals surface area contributed by atoms with E-state index in [0.717, 1.165) is 23.0 Å². The summed E-state index contributed by atoms with van der Waals surface area (Å²) in [5, 5.41) is 3.34. The molecule has 2 aromatic rings. The van der Waals surface area contributed by atoms with Crippen LogP contribution in [0.15, 0.2) is 39.8 Å². The van der Waals surface area contributed by atoms with Crippen LogP contribution in [-0.4, -0.2) is 27.0 Å². The molecule has 1 aromatic heterocycles. The Hall–Kier alpha value is -1.59. The van der Waals surface area contributed by atoms with Gasteiger partial charge in [0, 0.05) is 16.7 Å². The minimum Gasteiger partial charge on any atom is -0.493 e. The molecule has 0 aliphatic heterocycles. The maximum Gasteiger partial charge on any atom is 0.161 e. The second-order valence-electron chi connectivity index (χ2n) is 4.61. The van der Waals surface area contributed by atoms with E-state index in [-0.39, 0.29) is 6.04 Å². The van der Waals surface area contributed by atoms with Gasteiger partial charge in [0.25, 0.3) is 0 Å². The standard InChI is InChI=1S/C16H21NO3S/c1-11-16(7-8-20-11)21-10-13(17-2)12-5-6-14(18-3)15(9-12)19-4/h5-9,13,17H,10H2,1-4H3. The first-order chi connectivity index (χ1) is 10.2. The Balaban J connectivity index is 2.12. The maximum atomic E-state index is 5.37. The zero-order chi connectivity index (χ0) is 15.2. The normalized spacial score (nSPS) is 12.2. The van der Waals surface area contributed by atoms with Gasteiger partial charge in [0.2, 0.25) is 0 Å². The minimum absolute atomic E-state index is 0.226. The van der Waals surface area contributed by atoms with Gasteiger partial charge >= 0.3 is 0 Å². The first-order valence-corrected chi connectivity index (χ1v) is 7.74. The number of aryl methyl sites for hydroxylation is 1. The number of furan rings is 1. The van der Waals surface area contributed by atoms with E-state index < -0.39 is 0 Å². The van der Waals surface area contributed by atoms with Gasteiger partial charge in [0.05, 0.1) is 20.5 Å². The summed E-state index contributed by atoms with van der Waals surface area (Å²) in [7, 11) is 5.26. The van der Waals surface area contributed by atoms with E-state index in [0.29, 0.717) is 0 Å². The van der Waals surface area contributed by atoms with Crippen molar-refractivity contribution >= 4 is 11.8 Å². The van der Waals surface area contributed by atoms with Gasteiger partial charge in [-0.05, 0) is 37.7 Å². The van der Waals surface area contributed by atoms with Crippen LogP contribution < -0.4 is 14.8 Å². The van der Waals surface area contributed by atoms with Crippen molar-refractivity contribution in [3.63, 3.8) is 0 Å². The van der Waals surface area contributed by atoms with Gasteiger partial charge in [0.1, 0.15) is 5.76 Å². The van der Waals surface area contributed by atoms with Crippen LogP contribution in [0.25, 0.3) is 0 Å². The fourth-order valence-corrected chi connectivity index (χ4v) is 3.22. The molecule has 114 valence electrons. The Kier molecular flexibility index (Phi) is 5.59. The van der Waals surface area contributed by atoms with Crippen LogP contribution in [0.4, 0.5) is 0 Å². The molecule has 5 heteroatoms. The topological polar surface area (TPSA) is 43.6 Å². The van der Waals surface area contributed by atoms with Gasteiger partial charge in [-0.2, -0.15) is 0 Å². The van der Waals surface area contributed by atoms with Gasteiger partial charge in [-0.1, -0.05) is 6.07 Å². The average molecular weight is 307 g/mol. The molecular formula is C16H21NO3S. The number of rotatable bonds is 7. The van der Waals surface area contributed by atoms with E-state index in [2.05, 4.69) is 11.4 Å². The number of nitrogens with one attached hydrogen (secondary N) is 1. The Morgan fingerprint density at radius 2 is 1.95 bits per heavy atom. The molecule has 0 spiro atoms. The predicted molar refractivity (Wildman–Crippen MR) is 85.5 cm³/mol. The van der Waals surface area contributed by atoms with Crippen molar-refractivity contribution < 1.29 is 13.9 Å². The summed E-state index contributed by atoms with van der Waals surface area (Å²) in [5.41, 5.74) is 1.17. The van der Waals surface area contributed by atoms with Crippen LogP contribution in [0.5, 0.6) is 11.5 Å². The first kappa shape index (κ1) is 15.8. The third-order valence-corrected chi connectivity index (χ3v) is 4.61. The SMILES string of the molecule is CNC(CSc1ccoc1C)c1ccc(OC)c(OC)c1. The zero-order valence-electron chi connectivity index (χ0n) is 12.8. The highest BCUT2D eigenvalue weighted by Gasteiger charge is 2.14. The third kappa shape index (κ3) is 3.74. The summed E-state index contributed by atoms with van der Waals surface area (Å²) in [5.74, 6) is 3.36. The molecule has 1 aromatic carbocycles. The molecule has 1 N–H and O–H groups in total. The van der Waals surface area contributed by atoms with E-state index in [9.17, 15) is 0 Å². The van der Waals surface area contributed by atoms with Crippen LogP contribution in [0.1, 0.15) is 17.4 Å². The number of hydrogen-bond acceptors (Lipinski definition) is 5. The highest BCUT2D eigenvalue weighted by molar-refractivity contribution is 7.99. The largest absolute Gasteiger partial charge is 0.493 e. The van der Waals surface area contributed by atoms with E-state index in [4.69, 9.17) is 13.9 Å². The minimum atomic E-state index is 0.226. The number of methoxy groups -OCH3 is 2. The predicted octanol–water partition coefficient (Wildman–Crippen LogP) is 3.66. The lowest BCUT2D eigenvalue weighted by Crippen LogP contribution is -2.18. The zero-order valence-corrected chi connectivity index (χ0v) is 13.6. The second-order valence-corrected chi connectivity index (χ2v) is 5.67. The van der Waals surface area contributed by atoms with Gasteiger partial charge in [-0.15, -0.1) is 11.8 Å². The van der Waals surface area contributed by atoms with E-state index >= 15 is 0 Å². The molecule has 0 aliphatic rings. The van der Waals surface area contributed by atoms with Crippen molar-refractivity contribution in [1.29, 1.82) is 0 Å². The highest BCUT2D eigenvalue weighted by atomic mass is 32.2. The molecule has 0 bridgehead atoms. The summed E-state index contributed by atoms with van der Waals surface area (Å²) in [6, 6.07) is 8.24. The number of hydrogen-bond donors (Lipinski definition) is 1. The summed E-state index contributed by atoms with van der Waals surface area (Å²) in [6.45, 7) is 1.98. The Bertz CT molecular complexity index is 583. The molecular weight excluding hydrogens is 286 g/mol. The van der Waals surface area contributed by atoms with Crippen LogP contribution in [0.2, 0.25) is 0 Å². The lowest BCUT2D eigenvalue weighted by molar-refractivity contribution is 0.354. The maximum absolute atomic E-state index is 5.37. The molecule has 1 atom stereocenters. The van der Waals surface area contributed by atoms with Crippen molar-refractivity contribution in [1.82, 2.24) is 5.32 Å². The second kappa shape index (κ2) is 7.43. The van der Waals surface area contributed by atoms with Gasteiger partial charge in [0.15, 0.2) is 11.5 Å². The monoisotopic (exact) mass is 307 g/mol. The molecule has 0 radical (unpaired) electrons. The van der Waals surface area contributed by atoms with Crippen molar-refractivity contribution in [3.8, 4) is 11.5 Å². The lowest BCUT2D eigenvalue weighted by atomic mass is 10.1. The van der Waals surface area contributed by atoms with Crippen molar-refractivity contribution in [3.05, 3.63) is 41.9 Å². The van der Waals surface area contributed by atoms with Gasteiger partial charge < -0.3 is 19.2 Å². The molecule has 21 heavy (non-hydrogen) atoms. The first-order valence-electron chi connectivity index (χ1n) is 6.75. The summed E-state index contributed by atoms with van der Waals surface area (Å²) in [6.07, 6.45) is 1.72. The van der Waals surface area contributed by atoms with Crippen LogP contribution >= 0.6 is 11.8 Å². The van der Waals surface area contributed by atoms with Crippen molar-refractivity contribution in [2.75, 3.05) is 27.0 Å². The summed E-state index contributed by atoms with van der Waals surface area (Å²) >= 11 is 1.78. The number of ether oxygens (including phenoxy) is 2. The summed E-state index contributed by atoms with van der Waals surface area (Å²) < 4.78 is 16.0. The Morgan fingerprint density at radius 1 is 1.19 bits per heavy atom. The quantitative estimate of drug-likeness (QED) is 0.791. The van der Waals surface area contributed by atoms with Crippen molar-refractivity contribution in [2.24, 2.45) is 0 Å². The van der Waals surface area contributed by atoms with Crippen molar-refractivity contribution in [2.45, 2.75) is 17.9 Å². The number of thioether (sulfide) groups is 1. The fourth-order valence-electron chi connectivity index (χ4n) is 2.11. The molecule has 0 fully saturated rings. The molecule has 4 nitrogen and oxygen atoms in total. The van der Waals surface area contributed by atoms with Gasteiger partial charge in [-0.25, -0.2) is 0 Å². The molecule has 2 rings (SSSR count). The van der Waals surface area contributed by atoms with E-state index in [1.165, 1.54) is 10.5 Å². The fraction of sp³-hybridized carbons (Fsp3) is 0.375. The molecule has 0 amide bonds. The lowest BCUT2D eigenvalue weighted by Gasteiger charge is -2.18. The van der Waals surface area contributed by atoms with E-state index in [1.807, 2.05) is 32.2 Å². The average Bonchev–Trinajstić information content (AvgIpc) is 2.93. The van der Waals surface area contributed by atoms with Gasteiger partial charge in [-0.3, -0.25) is 0 Å². The Labute approximate surface area is 129 Å². The van der Waals surface area contributed by atoms with Crippen LogP contribution in [0, 0.1) is 6.92 Å². The molecule has 1 unspecified atom stereocenters. The number of benzene rings is 1. The molecule has 0 saturated heterocycles. The molecule has 0 saturated carbocycles. The highest BCUT2D eigenvalue weighted by Crippen LogP contribution is 2.32. The van der Waals surface area contributed by atoms with Crippen LogP contribution in [0.3, 0.4) is 0 Å².